The molecule has 0 saturated heterocycles. The molecule has 0 heterocycles. The summed E-state index contributed by atoms with van der Waals surface area (Å²) in [6, 6.07) is 6.77. The molecule has 1 unspecified atom stereocenters. The van der Waals surface area contributed by atoms with Crippen molar-refractivity contribution >= 4 is 28.2 Å². The maximum atomic E-state index is 12.1. The van der Waals surface area contributed by atoms with Crippen LogP contribution in [0.15, 0.2) is 28.7 Å². The fourth-order valence-corrected chi connectivity index (χ4v) is 2.06. The van der Waals surface area contributed by atoms with Crippen LogP contribution in [-0.4, -0.2) is 30.1 Å². The van der Waals surface area contributed by atoms with Crippen molar-refractivity contribution in [3.63, 3.8) is 0 Å². The fraction of sp³-hybridized carbons (Fsp3) is 0.556. The average Bonchev–Trinajstić information content (AvgIpc) is 2.40. The molecule has 0 aliphatic rings. The second kappa shape index (κ2) is 8.56. The van der Waals surface area contributed by atoms with Crippen molar-refractivity contribution < 1.29 is 23.8 Å². The lowest BCUT2D eigenvalue weighted by molar-refractivity contribution is -0.0121. The molecule has 6 nitrogen and oxygen atoms in total. The van der Waals surface area contributed by atoms with E-state index < -0.39 is 29.5 Å². The topological polar surface area (TPSA) is 73.9 Å². The highest BCUT2D eigenvalue weighted by Crippen LogP contribution is 2.19. The summed E-state index contributed by atoms with van der Waals surface area (Å²) >= 11 is 3.36. The third kappa shape index (κ3) is 9.34. The number of benzene rings is 1. The Kier molecular flexibility index (Phi) is 7.29. The van der Waals surface area contributed by atoms with Crippen LogP contribution < -0.4 is 5.32 Å². The molecule has 1 amide bonds. The third-order valence-electron chi connectivity index (χ3n) is 2.72. The van der Waals surface area contributed by atoms with Gasteiger partial charge in [-0.3, -0.25) is 0 Å². The van der Waals surface area contributed by atoms with E-state index in [4.69, 9.17) is 14.2 Å². The summed E-state index contributed by atoms with van der Waals surface area (Å²) in [6.45, 7) is 10.5. The van der Waals surface area contributed by atoms with Gasteiger partial charge in [0.25, 0.3) is 0 Å². The molecule has 1 N–H and O–H groups in total. The molecule has 1 aromatic carbocycles. The van der Waals surface area contributed by atoms with E-state index in [9.17, 15) is 9.59 Å². The summed E-state index contributed by atoms with van der Waals surface area (Å²) in [7, 11) is 0. The van der Waals surface area contributed by atoms with Crippen LogP contribution in [0.4, 0.5) is 9.59 Å². The van der Waals surface area contributed by atoms with Gasteiger partial charge in [-0.05, 0) is 59.2 Å². The second-order valence-electron chi connectivity index (χ2n) is 7.53. The molecule has 1 aromatic rings. The maximum absolute atomic E-state index is 12.1. The molecule has 0 bridgehead atoms. The molecular weight excluding hydrogens is 390 g/mol. The Morgan fingerprint density at radius 3 is 2.00 bits per heavy atom. The smallest absolute Gasteiger partial charge is 0.444 e. The van der Waals surface area contributed by atoms with Crippen LogP contribution in [0.2, 0.25) is 0 Å². The first kappa shape index (κ1) is 21.3. The SMILES string of the molecule is CC(C)(C)OC(=O)NC(COC(=O)OC(C)(C)C)c1ccc(Br)cc1. The van der Waals surface area contributed by atoms with Crippen molar-refractivity contribution in [2.45, 2.75) is 58.8 Å². The first-order chi connectivity index (χ1) is 11.4. The van der Waals surface area contributed by atoms with Gasteiger partial charge < -0.3 is 19.5 Å². The summed E-state index contributed by atoms with van der Waals surface area (Å²) in [6.07, 6.45) is -1.38. The normalized spacial score (nSPS) is 12.9. The highest BCUT2D eigenvalue weighted by molar-refractivity contribution is 9.10. The number of halogens is 1. The standard InChI is InChI=1S/C18H26BrNO5/c1-17(2,3)24-15(21)20-14(12-7-9-13(19)10-8-12)11-23-16(22)25-18(4,5)6/h7-10,14H,11H2,1-6H3,(H,20,21). The number of alkyl carbamates (subject to hydrolysis) is 1. The van der Waals surface area contributed by atoms with E-state index in [2.05, 4.69) is 21.2 Å². The number of hydrogen-bond donors (Lipinski definition) is 1. The van der Waals surface area contributed by atoms with E-state index in [0.717, 1.165) is 10.0 Å². The van der Waals surface area contributed by atoms with Gasteiger partial charge in [0.05, 0.1) is 6.04 Å². The van der Waals surface area contributed by atoms with E-state index >= 15 is 0 Å². The predicted octanol–water partition coefficient (Wildman–Crippen LogP) is 4.97. The molecular formula is C18H26BrNO5. The van der Waals surface area contributed by atoms with Gasteiger partial charge in [-0.25, -0.2) is 9.59 Å². The first-order valence-corrected chi connectivity index (χ1v) is 8.76. The van der Waals surface area contributed by atoms with E-state index in [-0.39, 0.29) is 6.61 Å². The lowest BCUT2D eigenvalue weighted by atomic mass is 10.1. The summed E-state index contributed by atoms with van der Waals surface area (Å²) in [5.74, 6) is 0. The van der Waals surface area contributed by atoms with Crippen LogP contribution in [0.5, 0.6) is 0 Å². The molecule has 0 spiro atoms. The molecule has 0 aliphatic carbocycles. The molecule has 0 aliphatic heterocycles. The highest BCUT2D eigenvalue weighted by Gasteiger charge is 2.23. The van der Waals surface area contributed by atoms with Crippen LogP contribution >= 0.6 is 15.9 Å². The van der Waals surface area contributed by atoms with Crippen molar-refractivity contribution in [2.24, 2.45) is 0 Å². The summed E-state index contributed by atoms with van der Waals surface area (Å²) in [5, 5.41) is 2.72. The van der Waals surface area contributed by atoms with E-state index in [1.807, 2.05) is 24.3 Å². The van der Waals surface area contributed by atoms with Crippen molar-refractivity contribution in [1.29, 1.82) is 0 Å². The molecule has 1 atom stereocenters. The number of ether oxygens (including phenoxy) is 3. The molecule has 7 heteroatoms. The van der Waals surface area contributed by atoms with Crippen LogP contribution in [0, 0.1) is 0 Å². The number of carbonyl (C=O) groups excluding carboxylic acids is 2. The minimum absolute atomic E-state index is 0.0736. The summed E-state index contributed by atoms with van der Waals surface area (Å²) in [4.78, 5) is 23.8. The summed E-state index contributed by atoms with van der Waals surface area (Å²) in [5.41, 5.74) is -0.499. The Bertz CT molecular complexity index is 587. The molecule has 0 radical (unpaired) electrons. The lowest BCUT2D eigenvalue weighted by Crippen LogP contribution is -2.37. The largest absolute Gasteiger partial charge is 0.508 e. The molecule has 0 fully saturated rings. The van der Waals surface area contributed by atoms with Crippen molar-refractivity contribution in [1.82, 2.24) is 5.32 Å². The Labute approximate surface area is 157 Å². The highest BCUT2D eigenvalue weighted by atomic mass is 79.9. The second-order valence-corrected chi connectivity index (χ2v) is 8.44. The number of carbonyl (C=O) groups is 2. The predicted molar refractivity (Wildman–Crippen MR) is 98.4 cm³/mol. The van der Waals surface area contributed by atoms with Crippen molar-refractivity contribution in [3.8, 4) is 0 Å². The number of rotatable bonds is 4. The van der Waals surface area contributed by atoms with Crippen molar-refractivity contribution in [2.75, 3.05) is 6.61 Å². The monoisotopic (exact) mass is 415 g/mol. The lowest BCUT2D eigenvalue weighted by Gasteiger charge is -2.24. The summed E-state index contributed by atoms with van der Waals surface area (Å²) < 4.78 is 16.4. The van der Waals surface area contributed by atoms with Gasteiger partial charge in [0.1, 0.15) is 17.8 Å². The zero-order valence-corrected chi connectivity index (χ0v) is 17.1. The van der Waals surface area contributed by atoms with Crippen molar-refractivity contribution in [3.05, 3.63) is 34.3 Å². The molecule has 25 heavy (non-hydrogen) atoms. The van der Waals surface area contributed by atoms with E-state index in [0.29, 0.717) is 0 Å². The fourth-order valence-electron chi connectivity index (χ4n) is 1.80. The van der Waals surface area contributed by atoms with Gasteiger partial charge >= 0.3 is 12.2 Å². The average molecular weight is 416 g/mol. The zero-order chi connectivity index (χ0) is 19.3. The zero-order valence-electron chi connectivity index (χ0n) is 15.5. The van der Waals surface area contributed by atoms with Gasteiger partial charge in [0.2, 0.25) is 0 Å². The molecule has 1 rings (SSSR count). The van der Waals surface area contributed by atoms with Gasteiger partial charge in [-0.2, -0.15) is 0 Å². The van der Waals surface area contributed by atoms with Gasteiger partial charge in [-0.1, -0.05) is 28.1 Å². The Morgan fingerprint density at radius 2 is 1.52 bits per heavy atom. The van der Waals surface area contributed by atoms with Crippen LogP contribution in [0.1, 0.15) is 53.1 Å². The molecule has 0 aromatic heterocycles. The maximum Gasteiger partial charge on any atom is 0.508 e. The van der Waals surface area contributed by atoms with Crippen LogP contribution in [0.25, 0.3) is 0 Å². The Morgan fingerprint density at radius 1 is 1.00 bits per heavy atom. The van der Waals surface area contributed by atoms with Gasteiger partial charge in [0, 0.05) is 4.47 Å². The first-order valence-electron chi connectivity index (χ1n) is 7.96. The third-order valence-corrected chi connectivity index (χ3v) is 3.25. The van der Waals surface area contributed by atoms with Gasteiger partial charge in [-0.15, -0.1) is 0 Å². The van der Waals surface area contributed by atoms with Crippen LogP contribution in [-0.2, 0) is 14.2 Å². The quantitative estimate of drug-likeness (QED) is 0.702. The minimum Gasteiger partial charge on any atom is -0.444 e. The van der Waals surface area contributed by atoms with E-state index in [1.165, 1.54) is 0 Å². The van der Waals surface area contributed by atoms with E-state index in [1.54, 1.807) is 41.5 Å². The van der Waals surface area contributed by atoms with Crippen LogP contribution in [0.3, 0.4) is 0 Å². The molecule has 140 valence electrons. The van der Waals surface area contributed by atoms with Gasteiger partial charge in [0.15, 0.2) is 0 Å². The number of hydrogen-bond acceptors (Lipinski definition) is 5. The number of nitrogens with one attached hydrogen (secondary N) is 1. The molecule has 0 saturated carbocycles. The minimum atomic E-state index is -0.791. The Hall–Kier alpha value is -1.76. The number of amides is 1. The Balaban J connectivity index is 2.79.